The molecule has 0 heterocycles. The Kier molecular flexibility index (Phi) is 9.90. The first-order chi connectivity index (χ1) is 12.0. The van der Waals surface area contributed by atoms with Crippen molar-refractivity contribution < 1.29 is 19.4 Å². The van der Waals surface area contributed by atoms with Gasteiger partial charge in [0, 0.05) is 0 Å². The van der Waals surface area contributed by atoms with Crippen molar-refractivity contribution in [3.8, 4) is 0 Å². The van der Waals surface area contributed by atoms with Gasteiger partial charge in [0.2, 0.25) is 0 Å². The van der Waals surface area contributed by atoms with E-state index < -0.39 is 11.9 Å². The Hall–Kier alpha value is -1.84. The second-order valence-corrected chi connectivity index (χ2v) is 6.67. The third kappa shape index (κ3) is 7.72. The van der Waals surface area contributed by atoms with Crippen molar-refractivity contribution in [2.24, 2.45) is 5.92 Å². The Bertz CT molecular complexity index is 534. The van der Waals surface area contributed by atoms with Crippen LogP contribution in [0.1, 0.15) is 92.9 Å². The van der Waals surface area contributed by atoms with Gasteiger partial charge in [0.05, 0.1) is 11.1 Å². The van der Waals surface area contributed by atoms with E-state index in [-0.39, 0.29) is 11.7 Å². The highest BCUT2D eigenvalue weighted by atomic mass is 16.5. The molecule has 1 rings (SSSR count). The van der Waals surface area contributed by atoms with Gasteiger partial charge in [-0.1, -0.05) is 58.9 Å². The van der Waals surface area contributed by atoms with E-state index in [2.05, 4.69) is 20.8 Å². The van der Waals surface area contributed by atoms with Gasteiger partial charge in [0.1, 0.15) is 6.10 Å². The summed E-state index contributed by atoms with van der Waals surface area (Å²) in [5, 5.41) is 9.05. The van der Waals surface area contributed by atoms with Crippen molar-refractivity contribution in [1.29, 1.82) is 0 Å². The zero-order chi connectivity index (χ0) is 18.7. The Morgan fingerprint density at radius 3 is 2.24 bits per heavy atom. The first-order valence-corrected chi connectivity index (χ1v) is 9.56. The number of unbranched alkanes of at least 4 members (excludes halogenated alkanes) is 1. The van der Waals surface area contributed by atoms with Crippen LogP contribution in [0.3, 0.4) is 0 Å². The molecule has 0 aliphatic heterocycles. The summed E-state index contributed by atoms with van der Waals surface area (Å²) in [6.45, 7) is 6.57. The van der Waals surface area contributed by atoms with Crippen LogP contribution in [0.2, 0.25) is 0 Å². The van der Waals surface area contributed by atoms with Gasteiger partial charge < -0.3 is 9.84 Å². The summed E-state index contributed by atoms with van der Waals surface area (Å²) in [5.74, 6) is -0.719. The number of carboxylic acids is 1. The predicted molar refractivity (Wildman–Crippen MR) is 100 cm³/mol. The molecule has 1 atom stereocenters. The van der Waals surface area contributed by atoms with Crippen LogP contribution in [0, 0.1) is 5.92 Å². The standard InChI is InChI=1S/C21H32O4/c1-4-7-13-19(14-8-10-16(5-2)6-3)25-21(24)18-12-9-11-17(15-18)20(22)23/h9,11-12,15-16,19H,4-8,10,13-14H2,1-3H3,(H,22,23). The van der Waals surface area contributed by atoms with Crippen LogP contribution in [0.5, 0.6) is 0 Å². The molecule has 0 aliphatic rings. The lowest BCUT2D eigenvalue weighted by molar-refractivity contribution is 0.0247. The lowest BCUT2D eigenvalue weighted by atomic mass is 9.95. The smallest absolute Gasteiger partial charge is 0.338 e. The van der Waals surface area contributed by atoms with Crippen LogP contribution in [0.25, 0.3) is 0 Å². The third-order valence-electron chi connectivity index (χ3n) is 4.79. The molecule has 0 amide bonds. The van der Waals surface area contributed by atoms with Gasteiger partial charge in [-0.05, 0) is 43.4 Å². The first-order valence-electron chi connectivity index (χ1n) is 9.56. The van der Waals surface area contributed by atoms with Crippen molar-refractivity contribution in [2.75, 3.05) is 0 Å². The molecule has 0 spiro atoms. The maximum Gasteiger partial charge on any atom is 0.338 e. The number of carboxylic acid groups (broad SMARTS) is 1. The molecule has 0 radical (unpaired) electrons. The highest BCUT2D eigenvalue weighted by Gasteiger charge is 2.17. The molecule has 4 heteroatoms. The highest BCUT2D eigenvalue weighted by molar-refractivity contribution is 5.94. The number of hydrogen-bond donors (Lipinski definition) is 1. The van der Waals surface area contributed by atoms with Crippen molar-refractivity contribution in [3.63, 3.8) is 0 Å². The third-order valence-corrected chi connectivity index (χ3v) is 4.79. The summed E-state index contributed by atoms with van der Waals surface area (Å²) in [6, 6.07) is 6.04. The fourth-order valence-corrected chi connectivity index (χ4v) is 3.02. The fourth-order valence-electron chi connectivity index (χ4n) is 3.02. The molecule has 0 bridgehead atoms. The molecule has 0 saturated carbocycles. The monoisotopic (exact) mass is 348 g/mol. The van der Waals surface area contributed by atoms with E-state index in [9.17, 15) is 9.59 Å². The second kappa shape index (κ2) is 11.7. The van der Waals surface area contributed by atoms with Crippen molar-refractivity contribution in [1.82, 2.24) is 0 Å². The largest absolute Gasteiger partial charge is 0.478 e. The summed E-state index contributed by atoms with van der Waals surface area (Å²) in [5.41, 5.74) is 0.412. The van der Waals surface area contributed by atoms with Crippen LogP contribution in [0.15, 0.2) is 24.3 Å². The van der Waals surface area contributed by atoms with Crippen molar-refractivity contribution >= 4 is 11.9 Å². The van der Waals surface area contributed by atoms with Crippen LogP contribution < -0.4 is 0 Å². The van der Waals surface area contributed by atoms with E-state index in [4.69, 9.17) is 9.84 Å². The van der Waals surface area contributed by atoms with Crippen molar-refractivity contribution in [3.05, 3.63) is 35.4 Å². The maximum atomic E-state index is 12.4. The second-order valence-electron chi connectivity index (χ2n) is 6.67. The number of rotatable bonds is 12. The van der Waals surface area contributed by atoms with E-state index >= 15 is 0 Å². The molecule has 1 aromatic carbocycles. The number of aromatic carboxylic acids is 1. The minimum absolute atomic E-state index is 0.0877. The number of benzene rings is 1. The highest BCUT2D eigenvalue weighted by Crippen LogP contribution is 2.20. The van der Waals surface area contributed by atoms with Crippen LogP contribution >= 0.6 is 0 Å². The first kappa shape index (κ1) is 21.2. The molecule has 0 aromatic heterocycles. The van der Waals surface area contributed by atoms with Gasteiger partial charge in [-0.2, -0.15) is 0 Å². The average molecular weight is 348 g/mol. The van der Waals surface area contributed by atoms with E-state index in [1.165, 1.54) is 31.4 Å². The molecule has 140 valence electrons. The van der Waals surface area contributed by atoms with Crippen LogP contribution in [-0.2, 0) is 4.74 Å². The Labute approximate surface area is 151 Å². The minimum atomic E-state index is -1.04. The molecular weight excluding hydrogens is 316 g/mol. The summed E-state index contributed by atoms with van der Waals surface area (Å²) in [7, 11) is 0. The molecule has 1 aromatic rings. The zero-order valence-electron chi connectivity index (χ0n) is 15.8. The SMILES string of the molecule is CCCCC(CCCC(CC)CC)OC(=O)c1cccc(C(=O)O)c1. The molecule has 0 saturated heterocycles. The molecule has 4 nitrogen and oxygen atoms in total. The van der Waals surface area contributed by atoms with Gasteiger partial charge in [0.25, 0.3) is 0 Å². The summed E-state index contributed by atoms with van der Waals surface area (Å²) in [6.07, 6.45) is 8.36. The zero-order valence-corrected chi connectivity index (χ0v) is 15.8. The molecule has 1 N–H and O–H groups in total. The topological polar surface area (TPSA) is 63.6 Å². The van der Waals surface area contributed by atoms with Gasteiger partial charge >= 0.3 is 11.9 Å². The van der Waals surface area contributed by atoms with Gasteiger partial charge in [-0.3, -0.25) is 0 Å². The summed E-state index contributed by atoms with van der Waals surface area (Å²) in [4.78, 5) is 23.4. The lowest BCUT2D eigenvalue weighted by Gasteiger charge is -2.19. The quantitative estimate of drug-likeness (QED) is 0.492. The van der Waals surface area contributed by atoms with Gasteiger partial charge in [-0.15, -0.1) is 0 Å². The van der Waals surface area contributed by atoms with Gasteiger partial charge in [0.15, 0.2) is 0 Å². The van der Waals surface area contributed by atoms with Crippen molar-refractivity contribution in [2.45, 2.75) is 78.2 Å². The molecule has 0 aliphatic carbocycles. The maximum absolute atomic E-state index is 12.4. The normalized spacial score (nSPS) is 12.2. The fraction of sp³-hybridized carbons (Fsp3) is 0.619. The van der Waals surface area contributed by atoms with Crippen LogP contribution in [-0.4, -0.2) is 23.1 Å². The summed E-state index contributed by atoms with van der Waals surface area (Å²) < 4.78 is 5.69. The molecule has 25 heavy (non-hydrogen) atoms. The number of ether oxygens (including phenoxy) is 1. The lowest BCUT2D eigenvalue weighted by Crippen LogP contribution is -2.19. The van der Waals surface area contributed by atoms with Gasteiger partial charge in [-0.25, -0.2) is 9.59 Å². The number of carbonyl (C=O) groups is 2. The Morgan fingerprint density at radius 2 is 1.64 bits per heavy atom. The Morgan fingerprint density at radius 1 is 1.00 bits per heavy atom. The number of esters is 1. The number of carbonyl (C=O) groups excluding carboxylic acids is 1. The predicted octanol–water partition coefficient (Wildman–Crippen LogP) is 5.71. The molecule has 0 fully saturated rings. The molecular formula is C21H32O4. The van der Waals surface area contributed by atoms with E-state index in [0.717, 1.165) is 38.0 Å². The summed E-state index contributed by atoms with van der Waals surface area (Å²) >= 11 is 0. The van der Waals surface area contributed by atoms with Crippen LogP contribution in [0.4, 0.5) is 0 Å². The average Bonchev–Trinajstić information content (AvgIpc) is 2.63. The number of hydrogen-bond acceptors (Lipinski definition) is 3. The van der Waals surface area contributed by atoms with E-state index in [1.54, 1.807) is 12.1 Å². The molecule has 1 unspecified atom stereocenters. The van der Waals surface area contributed by atoms with E-state index in [1.807, 2.05) is 0 Å². The Balaban J connectivity index is 2.65. The minimum Gasteiger partial charge on any atom is -0.478 e. The van der Waals surface area contributed by atoms with E-state index in [0.29, 0.717) is 5.56 Å².